The van der Waals surface area contributed by atoms with E-state index in [2.05, 4.69) is 45.0 Å². The van der Waals surface area contributed by atoms with Gasteiger partial charge in [0.1, 0.15) is 0 Å². The molecule has 0 aliphatic carbocycles. The van der Waals surface area contributed by atoms with Gasteiger partial charge in [-0.3, -0.25) is 24.3 Å². The number of nitrogens with zero attached hydrogens (tertiary/aromatic N) is 5. The van der Waals surface area contributed by atoms with Crippen LogP contribution in [0.3, 0.4) is 0 Å². The van der Waals surface area contributed by atoms with Crippen LogP contribution in [0.15, 0.2) is 64.2 Å². The van der Waals surface area contributed by atoms with Gasteiger partial charge in [-0.25, -0.2) is 0 Å². The molecule has 200 valence electrons. The van der Waals surface area contributed by atoms with E-state index >= 15 is 0 Å². The number of likely N-dealkylation sites (tertiary alicyclic amines) is 1. The third-order valence-electron chi connectivity index (χ3n) is 8.67. The molecular formula is C30H37N5O3. The first kappa shape index (κ1) is 25.1. The number of hydrogen-bond acceptors (Lipinski definition) is 6. The minimum atomic E-state index is -0.301. The molecule has 0 amide bonds. The molecule has 5 heterocycles. The first-order chi connectivity index (χ1) is 18.4. The number of aromatic hydroxyl groups is 1. The maximum Gasteiger partial charge on any atom is 0.250 e. The lowest BCUT2D eigenvalue weighted by molar-refractivity contribution is 0.110. The molecule has 3 aliphatic rings. The Morgan fingerprint density at radius 3 is 2.32 bits per heavy atom. The van der Waals surface area contributed by atoms with Gasteiger partial charge in [0.2, 0.25) is 5.43 Å². The van der Waals surface area contributed by atoms with Crippen LogP contribution in [-0.4, -0.2) is 68.2 Å². The Bertz CT molecular complexity index is 1410. The lowest BCUT2D eigenvalue weighted by atomic mass is 9.83. The normalized spacial score (nSPS) is 22.3. The molecule has 0 spiro atoms. The molecule has 8 heteroatoms. The largest absolute Gasteiger partial charge is 0.503 e. The Labute approximate surface area is 223 Å². The van der Waals surface area contributed by atoms with Crippen molar-refractivity contribution in [3.05, 3.63) is 97.8 Å². The van der Waals surface area contributed by atoms with Gasteiger partial charge < -0.3 is 14.2 Å². The summed E-state index contributed by atoms with van der Waals surface area (Å²) < 4.78 is 3.97. The van der Waals surface area contributed by atoms with Crippen molar-refractivity contribution in [2.24, 2.45) is 13.0 Å². The van der Waals surface area contributed by atoms with Crippen molar-refractivity contribution in [2.45, 2.75) is 38.5 Å². The quantitative estimate of drug-likeness (QED) is 0.543. The molecule has 3 aliphatic heterocycles. The molecule has 38 heavy (non-hydrogen) atoms. The molecule has 3 aromatic rings. The highest BCUT2D eigenvalue weighted by molar-refractivity contribution is 5.30. The molecule has 1 N–H and O–H groups in total. The topological polar surface area (TPSA) is 73.9 Å². The summed E-state index contributed by atoms with van der Waals surface area (Å²) in [6.45, 7) is 8.44. The van der Waals surface area contributed by atoms with E-state index in [1.807, 2.05) is 28.3 Å². The molecule has 2 bridgehead atoms. The Balaban J connectivity index is 1.13. The van der Waals surface area contributed by atoms with Crippen molar-refractivity contribution in [3.63, 3.8) is 0 Å². The van der Waals surface area contributed by atoms with Crippen molar-refractivity contribution >= 4 is 0 Å². The van der Waals surface area contributed by atoms with E-state index in [1.54, 1.807) is 12.1 Å². The molecule has 0 unspecified atom stereocenters. The average Bonchev–Trinajstić information content (AvgIpc) is 2.92. The van der Waals surface area contributed by atoms with Crippen LogP contribution in [-0.2, 0) is 33.2 Å². The maximum atomic E-state index is 12.8. The summed E-state index contributed by atoms with van der Waals surface area (Å²) >= 11 is 0. The lowest BCUT2D eigenvalue weighted by Gasteiger charge is -2.43. The molecule has 1 aromatic carbocycles. The van der Waals surface area contributed by atoms with Gasteiger partial charge in [0, 0.05) is 102 Å². The average molecular weight is 516 g/mol. The van der Waals surface area contributed by atoms with Crippen molar-refractivity contribution in [1.29, 1.82) is 0 Å². The molecule has 2 atom stereocenters. The Morgan fingerprint density at radius 2 is 1.55 bits per heavy atom. The summed E-state index contributed by atoms with van der Waals surface area (Å²) in [5.41, 5.74) is 3.87. The first-order valence-corrected chi connectivity index (χ1v) is 13.8. The Hall–Kier alpha value is -3.20. The van der Waals surface area contributed by atoms with Gasteiger partial charge in [-0.1, -0.05) is 36.4 Å². The van der Waals surface area contributed by atoms with Crippen LogP contribution in [0, 0.1) is 5.92 Å². The van der Waals surface area contributed by atoms with Crippen LogP contribution in [0.1, 0.15) is 35.0 Å². The minimum Gasteiger partial charge on any atom is -0.503 e. The second-order valence-electron chi connectivity index (χ2n) is 11.3. The van der Waals surface area contributed by atoms with Gasteiger partial charge >= 0.3 is 0 Å². The second-order valence-corrected chi connectivity index (χ2v) is 11.3. The van der Waals surface area contributed by atoms with Crippen LogP contribution < -0.4 is 11.0 Å². The lowest BCUT2D eigenvalue weighted by Crippen LogP contribution is -2.47. The van der Waals surface area contributed by atoms with Crippen molar-refractivity contribution in [3.8, 4) is 5.75 Å². The summed E-state index contributed by atoms with van der Waals surface area (Å²) in [5.74, 6) is 0.631. The fraction of sp³-hybridized carbons (Fsp3) is 0.467. The van der Waals surface area contributed by atoms with E-state index in [-0.39, 0.29) is 16.7 Å². The monoisotopic (exact) mass is 515 g/mol. The molecular weight excluding hydrogens is 478 g/mol. The summed E-state index contributed by atoms with van der Waals surface area (Å²) in [7, 11) is 1.97. The molecule has 8 nitrogen and oxygen atoms in total. The van der Waals surface area contributed by atoms with Gasteiger partial charge in [-0.05, 0) is 24.0 Å². The van der Waals surface area contributed by atoms with E-state index in [0.717, 1.165) is 70.2 Å². The predicted molar refractivity (Wildman–Crippen MR) is 147 cm³/mol. The van der Waals surface area contributed by atoms with E-state index < -0.39 is 0 Å². The fourth-order valence-electron chi connectivity index (χ4n) is 6.64. The zero-order chi connectivity index (χ0) is 26.2. The number of piperazine rings is 1. The summed E-state index contributed by atoms with van der Waals surface area (Å²) in [4.78, 5) is 32.4. The molecule has 2 saturated heterocycles. The zero-order valence-electron chi connectivity index (χ0n) is 22.1. The standard InChI is InChI=1S/C30H37N5O3/c1-31-25(20-34-17-23-14-24(19-34)26-8-5-9-29(37)35(26)18-23)15-28(36)30(38)27(31)21-33-12-10-32(11-13-33)16-22-6-3-2-4-7-22/h2-9,15,23-24,38H,10-14,16-21H2,1H3/t23-,24+/m1/s1. The van der Waals surface area contributed by atoms with Crippen LogP contribution >= 0.6 is 0 Å². The van der Waals surface area contributed by atoms with Crippen LogP contribution in [0.2, 0.25) is 0 Å². The summed E-state index contributed by atoms with van der Waals surface area (Å²) in [6, 6.07) is 17.7. The summed E-state index contributed by atoms with van der Waals surface area (Å²) in [5, 5.41) is 10.7. The third-order valence-corrected chi connectivity index (χ3v) is 8.67. The number of piperidine rings is 1. The van der Waals surface area contributed by atoms with Crippen LogP contribution in [0.25, 0.3) is 0 Å². The van der Waals surface area contributed by atoms with Gasteiger partial charge in [0.15, 0.2) is 5.75 Å². The highest BCUT2D eigenvalue weighted by atomic mass is 16.3. The molecule has 2 aromatic heterocycles. The number of pyridine rings is 2. The SMILES string of the molecule is Cn1c(CN2C[C@H]3C[C@@H](C2)c2cccc(=O)n2C3)cc(=O)c(O)c1CN1CCN(Cc2ccccc2)CC1. The highest BCUT2D eigenvalue weighted by Gasteiger charge is 2.34. The van der Waals surface area contributed by atoms with Crippen LogP contribution in [0.4, 0.5) is 0 Å². The van der Waals surface area contributed by atoms with E-state index in [9.17, 15) is 14.7 Å². The molecule has 6 rings (SSSR count). The van der Waals surface area contributed by atoms with Gasteiger partial charge in [0.05, 0.1) is 5.69 Å². The third kappa shape index (κ3) is 5.08. The molecule has 0 radical (unpaired) electrons. The van der Waals surface area contributed by atoms with Gasteiger partial charge in [0.25, 0.3) is 5.56 Å². The highest BCUT2D eigenvalue weighted by Crippen LogP contribution is 2.35. The second kappa shape index (κ2) is 10.5. The minimum absolute atomic E-state index is 0.0946. The number of rotatable bonds is 6. The molecule has 2 fully saturated rings. The number of fused-ring (bicyclic) bond motifs is 4. The smallest absolute Gasteiger partial charge is 0.250 e. The number of hydrogen-bond donors (Lipinski definition) is 1. The zero-order valence-corrected chi connectivity index (χ0v) is 22.1. The molecule has 0 saturated carbocycles. The number of benzene rings is 1. The predicted octanol–water partition coefficient (Wildman–Crippen LogP) is 2.19. The van der Waals surface area contributed by atoms with E-state index in [0.29, 0.717) is 30.6 Å². The van der Waals surface area contributed by atoms with E-state index in [4.69, 9.17) is 0 Å². The maximum absolute atomic E-state index is 12.8. The van der Waals surface area contributed by atoms with Crippen molar-refractivity contribution in [2.75, 3.05) is 39.3 Å². The van der Waals surface area contributed by atoms with Crippen molar-refractivity contribution < 1.29 is 5.11 Å². The van der Waals surface area contributed by atoms with Crippen molar-refractivity contribution in [1.82, 2.24) is 23.8 Å². The Morgan fingerprint density at radius 1 is 0.816 bits per heavy atom. The van der Waals surface area contributed by atoms with Gasteiger partial charge in [-0.15, -0.1) is 0 Å². The summed E-state index contributed by atoms with van der Waals surface area (Å²) in [6.07, 6.45) is 1.11. The first-order valence-electron chi connectivity index (χ1n) is 13.8. The van der Waals surface area contributed by atoms with Crippen LogP contribution in [0.5, 0.6) is 5.75 Å². The van der Waals surface area contributed by atoms with E-state index in [1.165, 1.54) is 5.56 Å². The fourth-order valence-corrected chi connectivity index (χ4v) is 6.64. The Kier molecular flexibility index (Phi) is 6.95. The van der Waals surface area contributed by atoms with Gasteiger partial charge in [-0.2, -0.15) is 0 Å². The number of aromatic nitrogens is 2.